The summed E-state index contributed by atoms with van der Waals surface area (Å²) in [6, 6.07) is 15.5. The fourth-order valence-electron chi connectivity index (χ4n) is 5.08. The summed E-state index contributed by atoms with van der Waals surface area (Å²) in [5, 5.41) is 22.6. The molecular weight excluding hydrogens is 588 g/mol. The fourth-order valence-corrected chi connectivity index (χ4v) is 5.32. The van der Waals surface area contributed by atoms with Gasteiger partial charge in [0.1, 0.15) is 43.5 Å². The number of nitrogens with zero attached hydrogens (tertiary/aromatic N) is 1. The molecule has 0 saturated carbocycles. The molecule has 1 fully saturated rings. The number of aliphatic carboxylic acids is 1. The lowest BCUT2D eigenvalue weighted by Gasteiger charge is -2.27. The van der Waals surface area contributed by atoms with Crippen LogP contribution in [0.4, 0.5) is 0 Å². The summed E-state index contributed by atoms with van der Waals surface area (Å²) < 4.78 is 29.3. The molecule has 0 unspecified atom stereocenters. The van der Waals surface area contributed by atoms with Gasteiger partial charge in [-0.15, -0.1) is 0 Å². The average molecular weight is 627 g/mol. The Kier molecular flexibility index (Phi) is 10.5. The van der Waals surface area contributed by atoms with Crippen LogP contribution in [0.5, 0.6) is 23.0 Å². The molecule has 0 spiro atoms. The first-order chi connectivity index (χ1) is 21.3. The molecule has 2 aliphatic rings. The van der Waals surface area contributed by atoms with E-state index < -0.39 is 18.1 Å². The molecule has 0 bridgehead atoms. The van der Waals surface area contributed by atoms with E-state index in [1.165, 1.54) is 6.92 Å². The Morgan fingerprint density at radius 1 is 1.00 bits per heavy atom. The lowest BCUT2D eigenvalue weighted by molar-refractivity contribution is -0.145. The Hall–Kier alpha value is -3.54. The third-order valence-electron chi connectivity index (χ3n) is 8.02. The van der Waals surface area contributed by atoms with Crippen molar-refractivity contribution in [2.24, 2.45) is 0 Å². The fraction of sp³-hybridized carbons (Fsp3) is 0.424. The number of carboxylic acid groups (broad SMARTS) is 1. The van der Waals surface area contributed by atoms with Gasteiger partial charge in [0, 0.05) is 37.8 Å². The maximum Gasteiger partial charge on any atom is 0.326 e. The minimum Gasteiger partial charge on any atom is -0.492 e. The van der Waals surface area contributed by atoms with Crippen molar-refractivity contribution in [3.63, 3.8) is 0 Å². The zero-order valence-electron chi connectivity index (χ0n) is 25.1. The highest BCUT2D eigenvalue weighted by Crippen LogP contribution is 2.37. The topological polar surface area (TPSA) is 119 Å². The van der Waals surface area contributed by atoms with E-state index in [0.29, 0.717) is 61.7 Å². The van der Waals surface area contributed by atoms with Crippen LogP contribution in [-0.2, 0) is 22.7 Å². The monoisotopic (exact) mass is 626 g/mol. The number of fused-ring (bicyclic) bond motifs is 1. The number of carbonyl (C=O) groups is 1. The van der Waals surface area contributed by atoms with Crippen molar-refractivity contribution in [3.8, 4) is 34.1 Å². The average Bonchev–Trinajstić information content (AvgIpc) is 3.04. The maximum atomic E-state index is 11.7. The summed E-state index contributed by atoms with van der Waals surface area (Å²) in [5.41, 5.74) is 3.28. The molecule has 3 aromatic rings. The van der Waals surface area contributed by atoms with E-state index >= 15 is 0 Å². The largest absolute Gasteiger partial charge is 0.492 e. The highest BCUT2D eigenvalue weighted by atomic mass is 35.5. The molecule has 236 valence electrons. The maximum absolute atomic E-state index is 11.7. The predicted octanol–water partition coefficient (Wildman–Crippen LogP) is 4.30. The van der Waals surface area contributed by atoms with E-state index in [9.17, 15) is 15.0 Å². The molecule has 5 rings (SSSR count). The first kappa shape index (κ1) is 31.9. The lowest BCUT2D eigenvalue weighted by atomic mass is 9.96. The summed E-state index contributed by atoms with van der Waals surface area (Å²) in [7, 11) is 0. The Balaban J connectivity index is 1.33. The first-order valence-corrected chi connectivity index (χ1v) is 15.1. The summed E-state index contributed by atoms with van der Waals surface area (Å²) >= 11 is 6.68. The zero-order chi connectivity index (χ0) is 31.1. The number of ether oxygens (including phenoxy) is 5. The summed E-state index contributed by atoms with van der Waals surface area (Å²) in [5.74, 6) is 1.30. The number of hydrogen-bond donors (Lipinski definition) is 3. The van der Waals surface area contributed by atoms with Gasteiger partial charge in [-0.25, -0.2) is 0 Å². The van der Waals surface area contributed by atoms with E-state index in [0.717, 1.165) is 46.8 Å². The predicted molar refractivity (Wildman–Crippen MR) is 166 cm³/mol. The summed E-state index contributed by atoms with van der Waals surface area (Å²) in [6.45, 7) is 8.56. The highest BCUT2D eigenvalue weighted by Gasteiger charge is 2.32. The molecule has 1 atom stereocenters. The van der Waals surface area contributed by atoms with Gasteiger partial charge < -0.3 is 33.9 Å². The van der Waals surface area contributed by atoms with Crippen LogP contribution in [0, 0.1) is 6.92 Å². The molecule has 11 heteroatoms. The molecule has 0 amide bonds. The number of carboxylic acids is 1. The number of aliphatic hydroxyl groups excluding tert-OH is 1. The normalized spacial score (nSPS) is 16.3. The molecule has 1 saturated heterocycles. The Bertz CT molecular complexity index is 1460. The van der Waals surface area contributed by atoms with E-state index in [2.05, 4.69) is 23.2 Å². The van der Waals surface area contributed by atoms with Crippen molar-refractivity contribution < 1.29 is 38.7 Å². The van der Waals surface area contributed by atoms with Gasteiger partial charge in [0.05, 0.1) is 24.8 Å². The number of halogens is 1. The summed E-state index contributed by atoms with van der Waals surface area (Å²) in [4.78, 5) is 14.0. The van der Waals surface area contributed by atoms with Crippen LogP contribution in [0.2, 0.25) is 5.02 Å². The standard InChI is InChI=1S/C33H39ClN2O8/c1-22-24(4-3-5-26(22)23-6-7-28-31(17-23)43-15-14-42-28)20-44-30-18-29(41-13-10-36-8-11-40-12-9-36)25(16-27(30)34)19-35-33(2,21-37)32(38)39/h3-7,16-18,35,37H,8-15,19-21H2,1-2H3,(H,38,39)/t33-/m1/s1. The van der Waals surface area contributed by atoms with Crippen LogP contribution in [0.3, 0.4) is 0 Å². The number of hydrogen-bond acceptors (Lipinski definition) is 9. The van der Waals surface area contributed by atoms with Gasteiger partial charge in [0.2, 0.25) is 0 Å². The van der Waals surface area contributed by atoms with E-state index in [1.807, 2.05) is 30.3 Å². The van der Waals surface area contributed by atoms with E-state index in [-0.39, 0.29) is 13.2 Å². The minimum atomic E-state index is -1.52. The Morgan fingerprint density at radius 2 is 1.77 bits per heavy atom. The molecule has 44 heavy (non-hydrogen) atoms. The van der Waals surface area contributed by atoms with Crippen LogP contribution < -0.4 is 24.3 Å². The van der Waals surface area contributed by atoms with Crippen LogP contribution in [0.15, 0.2) is 48.5 Å². The van der Waals surface area contributed by atoms with Gasteiger partial charge in [0.25, 0.3) is 0 Å². The molecule has 0 aliphatic carbocycles. The van der Waals surface area contributed by atoms with Gasteiger partial charge in [-0.05, 0) is 54.3 Å². The second-order valence-corrected chi connectivity index (χ2v) is 11.5. The zero-order valence-corrected chi connectivity index (χ0v) is 25.8. The van der Waals surface area contributed by atoms with Crippen LogP contribution in [-0.4, -0.2) is 85.9 Å². The van der Waals surface area contributed by atoms with Gasteiger partial charge in [0.15, 0.2) is 11.5 Å². The van der Waals surface area contributed by atoms with Crippen molar-refractivity contribution in [1.29, 1.82) is 0 Å². The van der Waals surface area contributed by atoms with Crippen molar-refractivity contribution >= 4 is 17.6 Å². The van der Waals surface area contributed by atoms with Gasteiger partial charge in [-0.2, -0.15) is 0 Å². The molecule has 0 aromatic heterocycles. The minimum absolute atomic E-state index is 0.118. The lowest BCUT2D eigenvalue weighted by Crippen LogP contribution is -2.52. The number of rotatable bonds is 13. The van der Waals surface area contributed by atoms with Crippen molar-refractivity contribution in [3.05, 3.63) is 70.2 Å². The van der Waals surface area contributed by atoms with Crippen molar-refractivity contribution in [2.45, 2.75) is 32.5 Å². The van der Waals surface area contributed by atoms with Gasteiger partial charge in [-0.3, -0.25) is 15.0 Å². The number of aliphatic hydroxyl groups is 1. The van der Waals surface area contributed by atoms with Crippen LogP contribution in [0.1, 0.15) is 23.6 Å². The quantitative estimate of drug-likeness (QED) is 0.253. The molecule has 10 nitrogen and oxygen atoms in total. The van der Waals surface area contributed by atoms with E-state index in [4.69, 9.17) is 35.3 Å². The van der Waals surface area contributed by atoms with Gasteiger partial charge in [-0.1, -0.05) is 35.9 Å². The molecular formula is C33H39ClN2O8. The smallest absolute Gasteiger partial charge is 0.326 e. The molecule has 3 N–H and O–H groups in total. The SMILES string of the molecule is Cc1c(COc2cc(OCCN3CCOCC3)c(CN[C@](C)(CO)C(=O)O)cc2Cl)cccc1-c1ccc2c(c1)OCCO2. The van der Waals surface area contributed by atoms with E-state index in [1.54, 1.807) is 12.1 Å². The highest BCUT2D eigenvalue weighted by molar-refractivity contribution is 6.32. The first-order valence-electron chi connectivity index (χ1n) is 14.7. The van der Waals surface area contributed by atoms with Crippen molar-refractivity contribution in [2.75, 3.05) is 59.3 Å². The molecule has 0 radical (unpaired) electrons. The van der Waals surface area contributed by atoms with Crippen molar-refractivity contribution in [1.82, 2.24) is 10.2 Å². The molecule has 2 aliphatic heterocycles. The number of nitrogens with one attached hydrogen (secondary N) is 1. The number of morpholine rings is 1. The number of benzene rings is 3. The van der Waals surface area contributed by atoms with Crippen LogP contribution >= 0.6 is 11.6 Å². The molecule has 2 heterocycles. The second-order valence-electron chi connectivity index (χ2n) is 11.1. The summed E-state index contributed by atoms with van der Waals surface area (Å²) in [6.07, 6.45) is 0. The second kappa shape index (κ2) is 14.5. The third kappa shape index (κ3) is 7.57. The van der Waals surface area contributed by atoms with Crippen LogP contribution in [0.25, 0.3) is 11.1 Å². The Labute approximate surface area is 262 Å². The van der Waals surface area contributed by atoms with Gasteiger partial charge >= 0.3 is 5.97 Å². The molecule has 3 aromatic carbocycles. The third-order valence-corrected chi connectivity index (χ3v) is 8.32. The Morgan fingerprint density at radius 3 is 2.52 bits per heavy atom.